The summed E-state index contributed by atoms with van der Waals surface area (Å²) in [5.74, 6) is 0.476. The van der Waals surface area contributed by atoms with E-state index in [1.165, 1.54) is 0 Å². The number of nitrogens with zero attached hydrogens (tertiary/aromatic N) is 1. The lowest BCUT2D eigenvalue weighted by Crippen LogP contribution is -2.30. The molecule has 0 aromatic heterocycles. The van der Waals surface area contributed by atoms with Gasteiger partial charge in [-0.05, 0) is 43.0 Å². The third kappa shape index (κ3) is 4.18. The van der Waals surface area contributed by atoms with Gasteiger partial charge in [0.2, 0.25) is 0 Å². The highest BCUT2D eigenvalue weighted by atomic mass is 19.1. The van der Waals surface area contributed by atoms with Gasteiger partial charge in [0.1, 0.15) is 5.82 Å². The average molecular weight is 280 g/mol. The standard InChI is InChI=1S/C16H25FN2O/c1-3-18-11-14-4-5-16(15(17)10-14)19(2)12-13-6-8-20-9-7-13/h4-5,10,13,18H,3,6-9,11-12H2,1-2H3. The Morgan fingerprint density at radius 1 is 1.35 bits per heavy atom. The summed E-state index contributed by atoms with van der Waals surface area (Å²) in [6, 6.07) is 5.53. The van der Waals surface area contributed by atoms with E-state index in [0.717, 1.165) is 51.3 Å². The summed E-state index contributed by atoms with van der Waals surface area (Å²) in [6.07, 6.45) is 2.15. The summed E-state index contributed by atoms with van der Waals surface area (Å²) in [7, 11) is 1.97. The van der Waals surface area contributed by atoms with Crippen molar-refractivity contribution >= 4 is 5.69 Å². The van der Waals surface area contributed by atoms with Crippen LogP contribution in [0.1, 0.15) is 25.3 Å². The second kappa shape index (κ2) is 7.60. The molecule has 1 aliphatic rings. The zero-order valence-electron chi connectivity index (χ0n) is 12.5. The van der Waals surface area contributed by atoms with E-state index >= 15 is 0 Å². The Bertz CT molecular complexity index is 419. The van der Waals surface area contributed by atoms with Crippen LogP contribution in [-0.4, -0.2) is 33.4 Å². The van der Waals surface area contributed by atoms with Crippen LogP contribution in [0.5, 0.6) is 0 Å². The zero-order chi connectivity index (χ0) is 14.4. The van der Waals surface area contributed by atoms with Crippen LogP contribution >= 0.6 is 0 Å². The van der Waals surface area contributed by atoms with Gasteiger partial charge in [-0.15, -0.1) is 0 Å². The third-order valence-electron chi connectivity index (χ3n) is 3.88. The van der Waals surface area contributed by atoms with E-state index in [-0.39, 0.29) is 5.82 Å². The zero-order valence-corrected chi connectivity index (χ0v) is 12.5. The Morgan fingerprint density at radius 3 is 2.75 bits per heavy atom. The molecule has 20 heavy (non-hydrogen) atoms. The molecule has 1 heterocycles. The van der Waals surface area contributed by atoms with Gasteiger partial charge in [-0.3, -0.25) is 0 Å². The molecule has 0 bridgehead atoms. The van der Waals surface area contributed by atoms with Gasteiger partial charge in [-0.1, -0.05) is 13.0 Å². The summed E-state index contributed by atoms with van der Waals surface area (Å²) >= 11 is 0. The molecule has 0 atom stereocenters. The quantitative estimate of drug-likeness (QED) is 0.867. The third-order valence-corrected chi connectivity index (χ3v) is 3.88. The van der Waals surface area contributed by atoms with Crippen LogP contribution in [0.15, 0.2) is 18.2 Å². The lowest BCUT2D eigenvalue weighted by molar-refractivity contribution is 0.0685. The maximum absolute atomic E-state index is 14.2. The van der Waals surface area contributed by atoms with Crippen LogP contribution < -0.4 is 10.2 Å². The van der Waals surface area contributed by atoms with Crippen molar-refractivity contribution in [3.05, 3.63) is 29.6 Å². The SMILES string of the molecule is CCNCc1ccc(N(C)CC2CCOCC2)c(F)c1. The van der Waals surface area contributed by atoms with Crippen molar-refractivity contribution in [1.82, 2.24) is 5.32 Å². The maximum atomic E-state index is 14.2. The van der Waals surface area contributed by atoms with Crippen LogP contribution in [0.4, 0.5) is 10.1 Å². The summed E-state index contributed by atoms with van der Waals surface area (Å²) in [6.45, 7) is 6.23. The lowest BCUT2D eigenvalue weighted by atomic mass is 9.99. The van der Waals surface area contributed by atoms with E-state index in [0.29, 0.717) is 11.6 Å². The Kier molecular flexibility index (Phi) is 5.80. The molecule has 1 fully saturated rings. The lowest BCUT2D eigenvalue weighted by Gasteiger charge is -2.28. The molecule has 1 aromatic carbocycles. The van der Waals surface area contributed by atoms with Crippen LogP contribution in [0.3, 0.4) is 0 Å². The normalized spacial score (nSPS) is 16.4. The van der Waals surface area contributed by atoms with Crippen molar-refractivity contribution < 1.29 is 9.13 Å². The average Bonchev–Trinajstić information content (AvgIpc) is 2.46. The van der Waals surface area contributed by atoms with Gasteiger partial charge in [-0.2, -0.15) is 0 Å². The molecule has 2 rings (SSSR count). The molecular formula is C16H25FN2O. The molecule has 3 nitrogen and oxygen atoms in total. The Labute approximate surface area is 121 Å². The number of hydrogen-bond acceptors (Lipinski definition) is 3. The van der Waals surface area contributed by atoms with Crippen LogP contribution in [0, 0.1) is 11.7 Å². The number of ether oxygens (including phenoxy) is 1. The molecule has 112 valence electrons. The van der Waals surface area contributed by atoms with Gasteiger partial charge in [0.25, 0.3) is 0 Å². The molecule has 0 amide bonds. The molecule has 0 radical (unpaired) electrons. The van der Waals surface area contributed by atoms with Crippen LogP contribution in [0.2, 0.25) is 0 Å². The van der Waals surface area contributed by atoms with Gasteiger partial charge in [0.15, 0.2) is 0 Å². The van der Waals surface area contributed by atoms with E-state index in [1.54, 1.807) is 6.07 Å². The Balaban J connectivity index is 1.96. The second-order valence-electron chi connectivity index (χ2n) is 5.50. The summed E-state index contributed by atoms with van der Waals surface area (Å²) < 4.78 is 19.6. The van der Waals surface area contributed by atoms with Crippen molar-refractivity contribution in [2.45, 2.75) is 26.3 Å². The molecule has 1 N–H and O–H groups in total. The fraction of sp³-hybridized carbons (Fsp3) is 0.625. The van der Waals surface area contributed by atoms with E-state index in [1.807, 2.05) is 31.0 Å². The predicted molar refractivity (Wildman–Crippen MR) is 80.6 cm³/mol. The van der Waals surface area contributed by atoms with Crippen molar-refractivity contribution in [1.29, 1.82) is 0 Å². The number of rotatable bonds is 6. The van der Waals surface area contributed by atoms with E-state index in [2.05, 4.69) is 5.32 Å². The fourth-order valence-electron chi connectivity index (χ4n) is 2.65. The number of benzene rings is 1. The van der Waals surface area contributed by atoms with E-state index in [4.69, 9.17) is 4.74 Å². The first-order valence-electron chi connectivity index (χ1n) is 7.48. The van der Waals surface area contributed by atoms with Crippen LogP contribution in [-0.2, 0) is 11.3 Å². The number of hydrogen-bond donors (Lipinski definition) is 1. The van der Waals surface area contributed by atoms with E-state index < -0.39 is 0 Å². The highest BCUT2D eigenvalue weighted by Gasteiger charge is 2.17. The molecule has 0 unspecified atom stereocenters. The fourth-order valence-corrected chi connectivity index (χ4v) is 2.65. The largest absolute Gasteiger partial charge is 0.381 e. The van der Waals surface area contributed by atoms with Gasteiger partial charge < -0.3 is 15.0 Å². The first-order chi connectivity index (χ1) is 9.70. The summed E-state index contributed by atoms with van der Waals surface area (Å²) in [5, 5.41) is 3.21. The predicted octanol–water partition coefficient (Wildman–Crippen LogP) is 2.80. The molecule has 1 saturated heterocycles. The monoisotopic (exact) mass is 280 g/mol. The molecule has 0 spiro atoms. The number of anilines is 1. The van der Waals surface area contributed by atoms with Crippen molar-refractivity contribution in [2.24, 2.45) is 5.92 Å². The highest BCUT2D eigenvalue weighted by molar-refractivity contribution is 5.48. The molecule has 0 saturated carbocycles. The smallest absolute Gasteiger partial charge is 0.146 e. The molecule has 1 aliphatic heterocycles. The first-order valence-corrected chi connectivity index (χ1v) is 7.48. The summed E-state index contributed by atoms with van der Waals surface area (Å²) in [4.78, 5) is 2.03. The van der Waals surface area contributed by atoms with Crippen molar-refractivity contribution in [3.8, 4) is 0 Å². The molecule has 1 aromatic rings. The van der Waals surface area contributed by atoms with Gasteiger partial charge >= 0.3 is 0 Å². The topological polar surface area (TPSA) is 24.5 Å². The first kappa shape index (κ1) is 15.3. The van der Waals surface area contributed by atoms with E-state index in [9.17, 15) is 4.39 Å². The molecule has 0 aliphatic carbocycles. The molecule has 4 heteroatoms. The number of nitrogens with one attached hydrogen (secondary N) is 1. The highest BCUT2D eigenvalue weighted by Crippen LogP contribution is 2.23. The minimum absolute atomic E-state index is 0.130. The van der Waals surface area contributed by atoms with Gasteiger partial charge in [0.05, 0.1) is 5.69 Å². The minimum atomic E-state index is -0.130. The van der Waals surface area contributed by atoms with Gasteiger partial charge in [-0.25, -0.2) is 4.39 Å². The number of halogens is 1. The Hall–Kier alpha value is -1.13. The summed E-state index contributed by atoms with van der Waals surface area (Å²) in [5.41, 5.74) is 1.68. The van der Waals surface area contributed by atoms with Gasteiger partial charge in [0, 0.05) is 33.4 Å². The molecular weight excluding hydrogens is 255 g/mol. The van der Waals surface area contributed by atoms with Crippen molar-refractivity contribution in [3.63, 3.8) is 0 Å². The van der Waals surface area contributed by atoms with Crippen molar-refractivity contribution in [2.75, 3.05) is 38.3 Å². The van der Waals surface area contributed by atoms with Crippen LogP contribution in [0.25, 0.3) is 0 Å². The Morgan fingerprint density at radius 2 is 2.10 bits per heavy atom. The second-order valence-corrected chi connectivity index (χ2v) is 5.50. The minimum Gasteiger partial charge on any atom is -0.381 e. The maximum Gasteiger partial charge on any atom is 0.146 e.